The Balaban J connectivity index is 2.41. The number of rotatable bonds is 5. The highest BCUT2D eigenvalue weighted by Crippen LogP contribution is 2.19. The van der Waals surface area contributed by atoms with Crippen molar-refractivity contribution in [2.45, 2.75) is 39.8 Å². The maximum Gasteiger partial charge on any atom is 0.337 e. The molecule has 0 saturated heterocycles. The second-order valence-corrected chi connectivity index (χ2v) is 6.74. The number of halogens is 2. The number of esters is 1. The van der Waals surface area contributed by atoms with Crippen molar-refractivity contribution >= 4 is 17.1 Å². The van der Waals surface area contributed by atoms with Crippen LogP contribution in [0.4, 0.5) is 8.78 Å². The van der Waals surface area contributed by atoms with Crippen LogP contribution in [0.1, 0.15) is 39.8 Å². The summed E-state index contributed by atoms with van der Waals surface area (Å²) < 4.78 is 35.5. The van der Waals surface area contributed by atoms with Crippen molar-refractivity contribution in [1.82, 2.24) is 18.7 Å². The molecule has 1 aromatic carbocycles. The van der Waals surface area contributed by atoms with E-state index in [9.17, 15) is 23.2 Å². The fourth-order valence-corrected chi connectivity index (χ4v) is 3.10. The molecule has 0 spiro atoms. The third-order valence-electron chi connectivity index (χ3n) is 4.53. The summed E-state index contributed by atoms with van der Waals surface area (Å²) in [5.41, 5.74) is -1.49. The molecule has 2 aromatic heterocycles. The van der Waals surface area contributed by atoms with Crippen molar-refractivity contribution < 1.29 is 18.3 Å². The molecular weight excluding hydrogens is 386 g/mol. The van der Waals surface area contributed by atoms with E-state index in [2.05, 4.69) is 4.98 Å². The van der Waals surface area contributed by atoms with Crippen molar-refractivity contribution in [3.63, 3.8) is 0 Å². The first-order chi connectivity index (χ1) is 13.7. The molecule has 0 N–H and O–H groups in total. The average Bonchev–Trinajstić information content (AvgIpc) is 3.09. The molecule has 29 heavy (non-hydrogen) atoms. The molecule has 0 aliphatic carbocycles. The zero-order valence-corrected chi connectivity index (χ0v) is 16.3. The lowest BCUT2D eigenvalue weighted by Gasteiger charge is -2.16. The second kappa shape index (κ2) is 7.61. The average molecular weight is 406 g/mol. The third-order valence-corrected chi connectivity index (χ3v) is 4.53. The highest BCUT2D eigenvalue weighted by molar-refractivity contribution is 5.79. The molecule has 0 amide bonds. The SMILES string of the molecule is CCOC(=O)C(C)n1cnc2c1c(=O)n(C(C)C)c(=O)n2-c1ccc(F)c(F)c1. The zero-order valence-electron chi connectivity index (χ0n) is 16.3. The number of hydrogen-bond acceptors (Lipinski definition) is 5. The van der Waals surface area contributed by atoms with E-state index in [-0.39, 0.29) is 23.5 Å². The standard InChI is InChI=1S/C19H20F2N4O4/c1-5-29-18(27)11(4)23-9-22-16-15(23)17(26)24(10(2)3)19(28)25(16)12-6-7-13(20)14(21)8-12/h6-11H,5H2,1-4H3. The maximum absolute atomic E-state index is 13.8. The molecule has 1 atom stereocenters. The lowest BCUT2D eigenvalue weighted by Crippen LogP contribution is -2.41. The van der Waals surface area contributed by atoms with E-state index in [0.29, 0.717) is 0 Å². The summed E-state index contributed by atoms with van der Waals surface area (Å²) in [5.74, 6) is -2.80. The minimum absolute atomic E-state index is 0.00216. The smallest absolute Gasteiger partial charge is 0.337 e. The third kappa shape index (κ3) is 3.34. The molecule has 0 aliphatic rings. The first kappa shape index (κ1) is 20.4. The first-order valence-corrected chi connectivity index (χ1v) is 9.05. The summed E-state index contributed by atoms with van der Waals surface area (Å²) in [4.78, 5) is 42.4. The number of benzene rings is 1. The molecule has 3 aromatic rings. The number of fused-ring (bicyclic) bond motifs is 1. The van der Waals surface area contributed by atoms with Gasteiger partial charge in [0.15, 0.2) is 22.8 Å². The van der Waals surface area contributed by atoms with Crippen LogP contribution in [0.25, 0.3) is 16.9 Å². The largest absolute Gasteiger partial charge is 0.464 e. The number of aromatic nitrogens is 4. The lowest BCUT2D eigenvalue weighted by molar-refractivity contribution is -0.146. The van der Waals surface area contributed by atoms with Crippen LogP contribution in [0.15, 0.2) is 34.1 Å². The summed E-state index contributed by atoms with van der Waals surface area (Å²) in [5, 5.41) is 0. The van der Waals surface area contributed by atoms with Gasteiger partial charge in [0.1, 0.15) is 6.04 Å². The van der Waals surface area contributed by atoms with Gasteiger partial charge in [-0.3, -0.25) is 9.36 Å². The number of imidazole rings is 1. The van der Waals surface area contributed by atoms with Crippen molar-refractivity contribution in [3.8, 4) is 5.69 Å². The van der Waals surface area contributed by atoms with E-state index >= 15 is 0 Å². The molecule has 0 bridgehead atoms. The van der Waals surface area contributed by atoms with Crippen LogP contribution in [0.5, 0.6) is 0 Å². The van der Waals surface area contributed by atoms with Gasteiger partial charge in [-0.1, -0.05) is 0 Å². The summed E-state index contributed by atoms with van der Waals surface area (Å²) in [6, 6.07) is 1.52. The summed E-state index contributed by atoms with van der Waals surface area (Å²) in [6.45, 7) is 6.62. The van der Waals surface area contributed by atoms with Gasteiger partial charge in [-0.15, -0.1) is 0 Å². The second-order valence-electron chi connectivity index (χ2n) is 6.74. The van der Waals surface area contributed by atoms with Gasteiger partial charge in [0.25, 0.3) is 5.56 Å². The molecule has 0 saturated carbocycles. The molecule has 1 unspecified atom stereocenters. The Labute approximate surface area is 164 Å². The first-order valence-electron chi connectivity index (χ1n) is 9.05. The summed E-state index contributed by atoms with van der Waals surface area (Å²) in [6.07, 6.45) is 1.24. The van der Waals surface area contributed by atoms with Crippen LogP contribution in [0.3, 0.4) is 0 Å². The predicted octanol–water partition coefficient (Wildman–Crippen LogP) is 2.33. The van der Waals surface area contributed by atoms with E-state index in [4.69, 9.17) is 4.74 Å². The number of hydrogen-bond donors (Lipinski definition) is 0. The Morgan fingerprint density at radius 2 is 1.86 bits per heavy atom. The summed E-state index contributed by atoms with van der Waals surface area (Å²) >= 11 is 0. The van der Waals surface area contributed by atoms with Crippen LogP contribution in [0, 0.1) is 11.6 Å². The van der Waals surface area contributed by atoms with Gasteiger partial charge in [0, 0.05) is 12.1 Å². The Kier molecular flexibility index (Phi) is 5.36. The van der Waals surface area contributed by atoms with Crippen LogP contribution >= 0.6 is 0 Å². The lowest BCUT2D eigenvalue weighted by atomic mass is 10.2. The van der Waals surface area contributed by atoms with E-state index in [0.717, 1.165) is 21.3 Å². The van der Waals surface area contributed by atoms with E-state index in [1.165, 1.54) is 23.9 Å². The Morgan fingerprint density at radius 1 is 1.17 bits per heavy atom. The Morgan fingerprint density at radius 3 is 2.45 bits per heavy atom. The monoisotopic (exact) mass is 406 g/mol. The summed E-state index contributed by atoms with van der Waals surface area (Å²) in [7, 11) is 0. The minimum Gasteiger partial charge on any atom is -0.464 e. The van der Waals surface area contributed by atoms with E-state index in [1.54, 1.807) is 20.8 Å². The number of ether oxygens (including phenoxy) is 1. The quantitative estimate of drug-likeness (QED) is 0.607. The molecule has 3 rings (SSSR count). The number of nitrogens with zero attached hydrogens (tertiary/aromatic N) is 4. The van der Waals surface area contributed by atoms with Crippen molar-refractivity contribution in [2.24, 2.45) is 0 Å². The normalized spacial score (nSPS) is 12.5. The maximum atomic E-state index is 13.8. The van der Waals surface area contributed by atoms with Crippen LogP contribution in [0.2, 0.25) is 0 Å². The number of carbonyl (C=O) groups excluding carboxylic acids is 1. The van der Waals surface area contributed by atoms with Crippen molar-refractivity contribution in [1.29, 1.82) is 0 Å². The van der Waals surface area contributed by atoms with Crippen LogP contribution in [-0.4, -0.2) is 31.3 Å². The van der Waals surface area contributed by atoms with Gasteiger partial charge in [-0.05, 0) is 39.8 Å². The topological polar surface area (TPSA) is 88.1 Å². The number of carbonyl (C=O) groups is 1. The fraction of sp³-hybridized carbons (Fsp3) is 0.368. The van der Waals surface area contributed by atoms with E-state index < -0.39 is 40.9 Å². The van der Waals surface area contributed by atoms with E-state index in [1.807, 2.05) is 0 Å². The fourth-order valence-electron chi connectivity index (χ4n) is 3.10. The minimum atomic E-state index is -1.15. The highest BCUT2D eigenvalue weighted by Gasteiger charge is 2.25. The van der Waals surface area contributed by atoms with Crippen molar-refractivity contribution in [2.75, 3.05) is 6.61 Å². The van der Waals surface area contributed by atoms with Gasteiger partial charge < -0.3 is 9.30 Å². The van der Waals surface area contributed by atoms with Gasteiger partial charge in [0.2, 0.25) is 0 Å². The van der Waals surface area contributed by atoms with Crippen LogP contribution in [-0.2, 0) is 9.53 Å². The highest BCUT2D eigenvalue weighted by atomic mass is 19.2. The van der Waals surface area contributed by atoms with Gasteiger partial charge in [-0.2, -0.15) is 0 Å². The van der Waals surface area contributed by atoms with Gasteiger partial charge in [-0.25, -0.2) is 27.9 Å². The van der Waals surface area contributed by atoms with Crippen LogP contribution < -0.4 is 11.2 Å². The molecule has 0 radical (unpaired) electrons. The van der Waals surface area contributed by atoms with Gasteiger partial charge in [0.05, 0.1) is 18.6 Å². The molecule has 0 aliphatic heterocycles. The molecule has 10 heteroatoms. The molecule has 2 heterocycles. The predicted molar refractivity (Wildman–Crippen MR) is 101 cm³/mol. The Bertz CT molecular complexity index is 1210. The molecule has 8 nitrogen and oxygen atoms in total. The van der Waals surface area contributed by atoms with Crippen molar-refractivity contribution in [3.05, 3.63) is 57.0 Å². The zero-order chi connectivity index (χ0) is 21.5. The molecule has 154 valence electrons. The Hall–Kier alpha value is -3.30. The molecular formula is C19H20F2N4O4. The molecule has 0 fully saturated rings. The van der Waals surface area contributed by atoms with Gasteiger partial charge >= 0.3 is 11.7 Å².